The molecule has 0 radical (unpaired) electrons. The minimum atomic E-state index is 1.12. The van der Waals surface area contributed by atoms with E-state index in [-0.39, 0.29) is 0 Å². The number of hydrogen-bond acceptors (Lipinski definition) is 0. The van der Waals surface area contributed by atoms with Crippen LogP contribution < -0.4 is 0 Å². The van der Waals surface area contributed by atoms with Crippen molar-refractivity contribution in [1.82, 2.24) is 0 Å². The molecule has 0 heterocycles. The van der Waals surface area contributed by atoms with Crippen molar-refractivity contribution in [3.05, 3.63) is 12.2 Å². The van der Waals surface area contributed by atoms with E-state index in [2.05, 4.69) is 19.1 Å². The Kier molecular flexibility index (Phi) is 2.82. The quantitative estimate of drug-likeness (QED) is 0.399. The molecule has 1 saturated carbocycles. The van der Waals surface area contributed by atoms with Crippen LogP contribution in [0.15, 0.2) is 12.2 Å². The van der Waals surface area contributed by atoms with Gasteiger partial charge in [0.05, 0.1) is 0 Å². The van der Waals surface area contributed by atoms with E-state index in [1.165, 1.54) is 32.1 Å². The lowest BCUT2D eigenvalue weighted by molar-refractivity contribution is 0.675. The Bertz CT molecular complexity index is 88.2. The summed E-state index contributed by atoms with van der Waals surface area (Å²) in [4.78, 5) is 0. The summed E-state index contributed by atoms with van der Waals surface area (Å²) >= 11 is 0. The fraction of sp³-hybridized carbons (Fsp3) is 0.778. The first-order valence-electron chi connectivity index (χ1n) is 4.04. The molecule has 1 aliphatic rings. The van der Waals surface area contributed by atoms with Crippen molar-refractivity contribution in [3.8, 4) is 0 Å². The molecule has 0 aromatic heterocycles. The first kappa shape index (κ1) is 6.85. The van der Waals surface area contributed by atoms with E-state index >= 15 is 0 Å². The largest absolute Gasteiger partial charge is 0.0917 e. The molecule has 0 heteroatoms. The van der Waals surface area contributed by atoms with Gasteiger partial charge in [-0.1, -0.05) is 31.4 Å². The molecule has 0 aromatic carbocycles. The molecule has 1 aliphatic carbocycles. The average molecular weight is 124 g/mol. The zero-order chi connectivity index (χ0) is 6.53. The van der Waals surface area contributed by atoms with Gasteiger partial charge in [-0.05, 0) is 25.7 Å². The van der Waals surface area contributed by atoms with E-state index in [0.29, 0.717) is 0 Å². The molecule has 1 rings (SSSR count). The van der Waals surface area contributed by atoms with Gasteiger partial charge in [0.2, 0.25) is 0 Å². The fourth-order valence-corrected chi connectivity index (χ4v) is 1.10. The Morgan fingerprint density at radius 2 is 2.22 bits per heavy atom. The Morgan fingerprint density at radius 3 is 2.78 bits per heavy atom. The van der Waals surface area contributed by atoms with Gasteiger partial charge < -0.3 is 0 Å². The van der Waals surface area contributed by atoms with Gasteiger partial charge >= 0.3 is 0 Å². The van der Waals surface area contributed by atoms with Crippen molar-refractivity contribution < 1.29 is 0 Å². The smallest absolute Gasteiger partial charge is 0.0351 e. The number of rotatable bonds is 4. The van der Waals surface area contributed by atoms with Gasteiger partial charge in [-0.2, -0.15) is 0 Å². The first-order valence-corrected chi connectivity index (χ1v) is 4.04. The van der Waals surface area contributed by atoms with Crippen LogP contribution >= 0.6 is 0 Å². The highest BCUT2D eigenvalue weighted by Gasteiger charge is 2.19. The maximum Gasteiger partial charge on any atom is -0.0351 e. The lowest BCUT2D eigenvalue weighted by Gasteiger charge is -1.91. The number of hydrogen-bond donors (Lipinski definition) is 0. The van der Waals surface area contributed by atoms with Gasteiger partial charge in [-0.15, -0.1) is 0 Å². The first-order chi connectivity index (χ1) is 4.43. The molecule has 52 valence electrons. The maximum atomic E-state index is 2.27. The summed E-state index contributed by atoms with van der Waals surface area (Å²) in [6.45, 7) is 2.09. The Labute approximate surface area is 58.0 Å². The minimum absolute atomic E-state index is 1.12. The number of unbranched alkanes of at least 4 members (excludes halogenated alkanes) is 1. The highest BCUT2D eigenvalue weighted by molar-refractivity contribution is 4.79. The Hall–Kier alpha value is -0.260. The third kappa shape index (κ3) is 3.34. The number of allylic oxidation sites excluding steroid dienone is 2. The van der Waals surface area contributed by atoms with Crippen LogP contribution in [0.1, 0.15) is 39.0 Å². The zero-order valence-electron chi connectivity index (χ0n) is 6.27. The van der Waals surface area contributed by atoms with E-state index in [1.807, 2.05) is 0 Å². The van der Waals surface area contributed by atoms with Gasteiger partial charge in [0, 0.05) is 0 Å². The summed E-state index contributed by atoms with van der Waals surface area (Å²) in [5.74, 6) is 1.12. The zero-order valence-corrected chi connectivity index (χ0v) is 6.27. The monoisotopic (exact) mass is 124 g/mol. The normalized spacial score (nSPS) is 19.2. The predicted octanol–water partition coefficient (Wildman–Crippen LogP) is 3.14. The minimum Gasteiger partial charge on any atom is -0.0917 e. The molecule has 0 N–H and O–H groups in total. The maximum absolute atomic E-state index is 2.27. The molecule has 1 fully saturated rings. The van der Waals surface area contributed by atoms with Crippen molar-refractivity contribution >= 4 is 0 Å². The van der Waals surface area contributed by atoms with Crippen molar-refractivity contribution in [1.29, 1.82) is 0 Å². The summed E-state index contributed by atoms with van der Waals surface area (Å²) in [5.41, 5.74) is 0. The third-order valence-corrected chi connectivity index (χ3v) is 1.92. The van der Waals surface area contributed by atoms with Gasteiger partial charge in [0.25, 0.3) is 0 Å². The molecule has 0 aromatic rings. The van der Waals surface area contributed by atoms with Crippen molar-refractivity contribution in [2.24, 2.45) is 5.92 Å². The molecular weight excluding hydrogens is 108 g/mol. The predicted molar refractivity (Wildman–Crippen MR) is 41.4 cm³/mol. The van der Waals surface area contributed by atoms with E-state index in [4.69, 9.17) is 0 Å². The molecule has 0 saturated heterocycles. The fourth-order valence-electron chi connectivity index (χ4n) is 1.10. The van der Waals surface area contributed by atoms with E-state index < -0.39 is 0 Å². The Balaban J connectivity index is 1.81. The molecule has 0 spiro atoms. The molecule has 0 amide bonds. The van der Waals surface area contributed by atoms with Crippen molar-refractivity contribution in [2.75, 3.05) is 0 Å². The molecule has 0 aliphatic heterocycles. The third-order valence-electron chi connectivity index (χ3n) is 1.92. The lowest BCUT2D eigenvalue weighted by atomic mass is 10.2. The van der Waals surface area contributed by atoms with Crippen LogP contribution in [0, 0.1) is 5.92 Å². The summed E-state index contributed by atoms with van der Waals surface area (Å²) in [7, 11) is 0. The van der Waals surface area contributed by atoms with Crippen LogP contribution in [0.2, 0.25) is 0 Å². The van der Waals surface area contributed by atoms with Crippen LogP contribution in [0.5, 0.6) is 0 Å². The second kappa shape index (κ2) is 3.71. The van der Waals surface area contributed by atoms with E-state index in [9.17, 15) is 0 Å². The Morgan fingerprint density at radius 1 is 1.44 bits per heavy atom. The van der Waals surface area contributed by atoms with Crippen molar-refractivity contribution in [2.45, 2.75) is 39.0 Å². The van der Waals surface area contributed by atoms with Crippen LogP contribution in [0.25, 0.3) is 0 Å². The molecule has 0 nitrogen and oxygen atoms in total. The van der Waals surface area contributed by atoms with Crippen LogP contribution in [0.3, 0.4) is 0 Å². The lowest BCUT2D eigenvalue weighted by Crippen LogP contribution is -1.74. The highest BCUT2D eigenvalue weighted by atomic mass is 14.2. The highest BCUT2D eigenvalue weighted by Crippen LogP contribution is 2.33. The molecule has 0 unspecified atom stereocenters. The van der Waals surface area contributed by atoms with Gasteiger partial charge in [0.1, 0.15) is 0 Å². The van der Waals surface area contributed by atoms with Gasteiger partial charge in [-0.3, -0.25) is 0 Å². The molecular formula is C9H16. The van der Waals surface area contributed by atoms with Crippen molar-refractivity contribution in [3.63, 3.8) is 0 Å². The summed E-state index contributed by atoms with van der Waals surface area (Å²) in [5, 5.41) is 0. The van der Waals surface area contributed by atoms with Crippen LogP contribution in [0.4, 0.5) is 0 Å². The summed E-state index contributed by atoms with van der Waals surface area (Å²) in [6.07, 6.45) is 11.6. The van der Waals surface area contributed by atoms with Crippen LogP contribution in [-0.2, 0) is 0 Å². The van der Waals surface area contributed by atoms with Gasteiger partial charge in [0.15, 0.2) is 0 Å². The second-order valence-corrected chi connectivity index (χ2v) is 2.94. The average Bonchev–Trinajstić information content (AvgIpc) is 2.63. The second-order valence-electron chi connectivity index (χ2n) is 2.94. The molecule has 0 bridgehead atoms. The molecule has 0 atom stereocenters. The van der Waals surface area contributed by atoms with Crippen LogP contribution in [-0.4, -0.2) is 0 Å². The summed E-state index contributed by atoms with van der Waals surface area (Å²) in [6, 6.07) is 0. The van der Waals surface area contributed by atoms with E-state index in [0.717, 1.165) is 5.92 Å². The SMILES string of the molecule is C/C=C/CCCC1CC1. The standard InChI is InChI=1S/C9H16/c1-2-3-4-5-6-9-7-8-9/h2-3,9H,4-8H2,1H3/b3-2+. The van der Waals surface area contributed by atoms with E-state index in [1.54, 1.807) is 0 Å². The topological polar surface area (TPSA) is 0 Å². The van der Waals surface area contributed by atoms with Gasteiger partial charge in [-0.25, -0.2) is 0 Å². The summed E-state index contributed by atoms with van der Waals surface area (Å²) < 4.78 is 0. The molecule has 9 heavy (non-hydrogen) atoms.